The summed E-state index contributed by atoms with van der Waals surface area (Å²) in [4.78, 5) is 11.8. The van der Waals surface area contributed by atoms with E-state index in [1.807, 2.05) is 6.92 Å². The largest absolute Gasteiger partial charge is 0.496 e. The van der Waals surface area contributed by atoms with Gasteiger partial charge in [0.05, 0.1) is 19.3 Å². The van der Waals surface area contributed by atoms with Gasteiger partial charge in [-0.05, 0) is 24.6 Å². The number of ether oxygens (including phenoxy) is 2. The van der Waals surface area contributed by atoms with Crippen LogP contribution in [0.1, 0.15) is 30.1 Å². The third kappa shape index (κ3) is 4.15. The molecule has 0 saturated carbocycles. The predicted octanol–water partition coefficient (Wildman–Crippen LogP) is 2.83. The molecule has 0 aromatic heterocycles. The lowest BCUT2D eigenvalue weighted by Crippen LogP contribution is -2.07. The minimum Gasteiger partial charge on any atom is -0.496 e. The fourth-order valence-electron chi connectivity index (χ4n) is 1.44. The molecule has 0 unspecified atom stereocenters. The Morgan fingerprint density at radius 1 is 1.35 bits per heavy atom. The van der Waals surface area contributed by atoms with Crippen molar-refractivity contribution in [1.82, 2.24) is 0 Å². The number of methoxy groups -OCH3 is 1. The van der Waals surface area contributed by atoms with Crippen LogP contribution in [0.2, 0.25) is 0 Å². The maximum atomic E-state index is 13.0. The van der Waals surface area contributed by atoms with E-state index in [0.29, 0.717) is 19.0 Å². The van der Waals surface area contributed by atoms with Crippen LogP contribution in [0.3, 0.4) is 0 Å². The van der Waals surface area contributed by atoms with E-state index < -0.39 is 5.82 Å². The van der Waals surface area contributed by atoms with E-state index >= 15 is 0 Å². The Labute approximate surface area is 101 Å². The second-order valence-corrected chi connectivity index (χ2v) is 3.63. The summed E-state index contributed by atoms with van der Waals surface area (Å²) in [6.07, 6.45) is 1.15. The Kier molecular flexibility index (Phi) is 5.63. The highest BCUT2D eigenvalue weighted by Crippen LogP contribution is 2.20. The Hall–Kier alpha value is -1.42. The molecule has 1 aromatic carbocycles. The van der Waals surface area contributed by atoms with Crippen molar-refractivity contribution in [3.05, 3.63) is 29.6 Å². The van der Waals surface area contributed by atoms with Crippen LogP contribution in [0.4, 0.5) is 4.39 Å². The molecule has 0 bridgehead atoms. The number of hydrogen-bond acceptors (Lipinski definition) is 3. The molecule has 0 aliphatic rings. The molecule has 0 heterocycles. The van der Waals surface area contributed by atoms with Gasteiger partial charge in [0, 0.05) is 13.0 Å². The number of benzene rings is 1. The van der Waals surface area contributed by atoms with E-state index in [0.717, 1.165) is 6.42 Å². The van der Waals surface area contributed by atoms with Crippen molar-refractivity contribution in [2.45, 2.75) is 19.8 Å². The van der Waals surface area contributed by atoms with Crippen molar-refractivity contribution in [3.63, 3.8) is 0 Å². The lowest BCUT2D eigenvalue weighted by Gasteiger charge is -2.07. The minimum atomic E-state index is -0.441. The molecule has 1 aromatic rings. The fraction of sp³-hybridized carbons (Fsp3) is 0.462. The topological polar surface area (TPSA) is 35.5 Å². The molecule has 0 aliphatic carbocycles. The monoisotopic (exact) mass is 240 g/mol. The van der Waals surface area contributed by atoms with E-state index in [9.17, 15) is 9.18 Å². The van der Waals surface area contributed by atoms with Crippen LogP contribution in [0.25, 0.3) is 0 Å². The number of ketones is 1. The molecule has 0 aliphatic heterocycles. The van der Waals surface area contributed by atoms with Gasteiger partial charge in [-0.3, -0.25) is 4.79 Å². The molecule has 4 heteroatoms. The van der Waals surface area contributed by atoms with E-state index in [4.69, 9.17) is 9.47 Å². The zero-order valence-electron chi connectivity index (χ0n) is 10.2. The molecule has 0 radical (unpaired) electrons. The van der Waals surface area contributed by atoms with Gasteiger partial charge in [-0.1, -0.05) is 6.92 Å². The number of carbonyl (C=O) groups excluding carboxylic acids is 1. The Balaban J connectivity index is 2.64. The summed E-state index contributed by atoms with van der Waals surface area (Å²) in [7, 11) is 1.46. The maximum absolute atomic E-state index is 13.0. The molecule has 3 nitrogen and oxygen atoms in total. The number of carbonyl (C=O) groups is 1. The Bertz CT molecular complexity index is 377. The average molecular weight is 240 g/mol. The second-order valence-electron chi connectivity index (χ2n) is 3.63. The van der Waals surface area contributed by atoms with Crippen LogP contribution in [0.15, 0.2) is 18.2 Å². The molecule has 0 spiro atoms. The molecular formula is C13H17FO3. The van der Waals surface area contributed by atoms with Crippen LogP contribution >= 0.6 is 0 Å². The Morgan fingerprint density at radius 3 is 2.76 bits per heavy atom. The summed E-state index contributed by atoms with van der Waals surface area (Å²) >= 11 is 0. The zero-order valence-corrected chi connectivity index (χ0v) is 10.2. The number of halogens is 1. The predicted molar refractivity (Wildman–Crippen MR) is 63.0 cm³/mol. The third-order valence-electron chi connectivity index (χ3n) is 2.28. The number of rotatable bonds is 7. The summed E-state index contributed by atoms with van der Waals surface area (Å²) in [5, 5.41) is 0. The highest BCUT2D eigenvalue weighted by Gasteiger charge is 2.13. The van der Waals surface area contributed by atoms with Crippen LogP contribution < -0.4 is 4.74 Å². The lowest BCUT2D eigenvalue weighted by molar-refractivity contribution is 0.0875. The second kappa shape index (κ2) is 7.01. The third-order valence-corrected chi connectivity index (χ3v) is 2.28. The summed E-state index contributed by atoms with van der Waals surface area (Å²) in [6.45, 7) is 2.98. The van der Waals surface area contributed by atoms with Crippen molar-refractivity contribution in [2.24, 2.45) is 0 Å². The SMILES string of the molecule is CCCOCCC(=O)c1cc(F)ccc1OC. The van der Waals surface area contributed by atoms with Gasteiger partial charge in [0.1, 0.15) is 11.6 Å². The first-order valence-electron chi connectivity index (χ1n) is 5.63. The summed E-state index contributed by atoms with van der Waals surface area (Å²) in [5.41, 5.74) is 0.271. The first-order chi connectivity index (χ1) is 8.19. The van der Waals surface area contributed by atoms with Gasteiger partial charge in [0.15, 0.2) is 5.78 Å². The zero-order chi connectivity index (χ0) is 12.7. The number of hydrogen-bond donors (Lipinski definition) is 0. The quantitative estimate of drug-likeness (QED) is 0.543. The Morgan fingerprint density at radius 2 is 2.12 bits per heavy atom. The molecule has 17 heavy (non-hydrogen) atoms. The molecule has 94 valence electrons. The van der Waals surface area contributed by atoms with Crippen molar-refractivity contribution < 1.29 is 18.7 Å². The summed E-state index contributed by atoms with van der Waals surface area (Å²) < 4.78 is 23.3. The van der Waals surface area contributed by atoms with Gasteiger partial charge in [-0.25, -0.2) is 4.39 Å². The van der Waals surface area contributed by atoms with Gasteiger partial charge in [-0.15, -0.1) is 0 Å². The van der Waals surface area contributed by atoms with Crippen molar-refractivity contribution >= 4 is 5.78 Å². The summed E-state index contributed by atoms with van der Waals surface area (Å²) in [5.74, 6) is -0.215. The van der Waals surface area contributed by atoms with Gasteiger partial charge in [0.25, 0.3) is 0 Å². The van der Waals surface area contributed by atoms with Crippen LogP contribution in [0, 0.1) is 5.82 Å². The van der Waals surface area contributed by atoms with Gasteiger partial charge in [-0.2, -0.15) is 0 Å². The molecule has 0 amide bonds. The van der Waals surface area contributed by atoms with Crippen molar-refractivity contribution in [1.29, 1.82) is 0 Å². The minimum absolute atomic E-state index is 0.169. The summed E-state index contributed by atoms with van der Waals surface area (Å²) in [6, 6.07) is 3.92. The highest BCUT2D eigenvalue weighted by molar-refractivity contribution is 5.98. The van der Waals surface area contributed by atoms with E-state index in [1.54, 1.807) is 0 Å². The van der Waals surface area contributed by atoms with Gasteiger partial charge < -0.3 is 9.47 Å². The van der Waals surface area contributed by atoms with Crippen molar-refractivity contribution in [3.8, 4) is 5.75 Å². The molecule has 0 N–H and O–H groups in total. The van der Waals surface area contributed by atoms with Gasteiger partial charge in [0.2, 0.25) is 0 Å². The van der Waals surface area contributed by atoms with Crippen LogP contribution in [0.5, 0.6) is 5.75 Å². The number of Topliss-reactive ketones (excluding diaryl/α,β-unsaturated/α-hetero) is 1. The van der Waals surface area contributed by atoms with Crippen LogP contribution in [-0.4, -0.2) is 26.1 Å². The lowest BCUT2D eigenvalue weighted by atomic mass is 10.1. The van der Waals surface area contributed by atoms with E-state index in [2.05, 4.69) is 0 Å². The van der Waals surface area contributed by atoms with Crippen LogP contribution in [-0.2, 0) is 4.74 Å². The molecular weight excluding hydrogens is 223 g/mol. The molecule has 0 saturated heterocycles. The molecule has 0 fully saturated rings. The maximum Gasteiger partial charge on any atom is 0.168 e. The smallest absolute Gasteiger partial charge is 0.168 e. The normalized spacial score (nSPS) is 10.3. The molecule has 0 atom stereocenters. The first-order valence-corrected chi connectivity index (χ1v) is 5.63. The standard InChI is InChI=1S/C13H17FO3/c1-3-7-17-8-6-12(15)11-9-10(14)4-5-13(11)16-2/h4-5,9H,3,6-8H2,1-2H3. The molecule has 1 rings (SSSR count). The van der Waals surface area contributed by atoms with Gasteiger partial charge >= 0.3 is 0 Å². The van der Waals surface area contributed by atoms with E-state index in [-0.39, 0.29) is 17.8 Å². The van der Waals surface area contributed by atoms with E-state index in [1.165, 1.54) is 25.3 Å². The average Bonchev–Trinajstić information content (AvgIpc) is 2.34. The first kappa shape index (κ1) is 13.6. The fourth-order valence-corrected chi connectivity index (χ4v) is 1.44. The van der Waals surface area contributed by atoms with Crippen molar-refractivity contribution in [2.75, 3.05) is 20.3 Å². The highest BCUT2D eigenvalue weighted by atomic mass is 19.1.